The molecular formula is C4F6IO2+. The first-order valence-electron chi connectivity index (χ1n) is 2.42. The fourth-order valence-electron chi connectivity index (χ4n) is 0.185. The molecule has 0 saturated carbocycles. The van der Waals surface area contributed by atoms with E-state index >= 15 is 0 Å². The molecule has 0 aliphatic heterocycles. The maximum absolute atomic E-state index is 11.4. The minimum Gasteiger partial charge on any atom is -0.229 e. The molecule has 76 valence electrons. The molecule has 0 fully saturated rings. The van der Waals surface area contributed by atoms with Crippen LogP contribution < -0.4 is 21.2 Å². The summed E-state index contributed by atoms with van der Waals surface area (Å²) in [4.78, 5) is 19.8. The van der Waals surface area contributed by atoms with Gasteiger partial charge in [-0.1, -0.05) is 0 Å². The highest BCUT2D eigenvalue weighted by Crippen LogP contribution is 2.13. The molecule has 2 nitrogen and oxygen atoms in total. The predicted octanol–water partition coefficient (Wildman–Crippen LogP) is -1.75. The van der Waals surface area contributed by atoms with Crippen LogP contribution in [-0.2, 0) is 9.59 Å². The van der Waals surface area contributed by atoms with Gasteiger partial charge in [0.2, 0.25) is 0 Å². The van der Waals surface area contributed by atoms with Gasteiger partial charge < -0.3 is 0 Å². The van der Waals surface area contributed by atoms with Crippen molar-refractivity contribution in [2.45, 2.75) is 12.4 Å². The maximum atomic E-state index is 11.4. The average Bonchev–Trinajstić information content (AvgIpc) is 1.82. The van der Waals surface area contributed by atoms with Crippen molar-refractivity contribution in [2.24, 2.45) is 0 Å². The zero-order valence-corrected chi connectivity index (χ0v) is 7.62. The third-order valence-electron chi connectivity index (χ3n) is 0.617. The lowest BCUT2D eigenvalue weighted by Gasteiger charge is -1.94. The lowest BCUT2D eigenvalue weighted by Crippen LogP contribution is -3.68. The third-order valence-corrected chi connectivity index (χ3v) is 2.82. The first-order valence-corrected chi connectivity index (χ1v) is 4.58. The Bertz CT molecular complexity index is 204. The lowest BCUT2D eigenvalue weighted by molar-refractivity contribution is -0.518. The number of carbonyl (C=O) groups is 2. The normalized spacial score (nSPS) is 12.8. The van der Waals surface area contributed by atoms with Crippen molar-refractivity contribution in [2.75, 3.05) is 0 Å². The van der Waals surface area contributed by atoms with Gasteiger partial charge in [-0.3, -0.25) is 0 Å². The highest BCUT2D eigenvalue weighted by Gasteiger charge is 2.60. The van der Waals surface area contributed by atoms with Gasteiger partial charge in [-0.2, -0.15) is 26.3 Å². The van der Waals surface area contributed by atoms with Crippen molar-refractivity contribution >= 4 is 7.58 Å². The van der Waals surface area contributed by atoms with Crippen molar-refractivity contribution in [1.29, 1.82) is 0 Å². The van der Waals surface area contributed by atoms with Crippen molar-refractivity contribution in [3.05, 3.63) is 0 Å². The molecular weight excluding hydrogens is 321 g/mol. The van der Waals surface area contributed by atoms with E-state index in [1.54, 1.807) is 0 Å². The SMILES string of the molecule is O=C([I+]C(=O)C(F)(F)F)C(F)(F)F. The number of halogens is 7. The van der Waals surface area contributed by atoms with E-state index in [4.69, 9.17) is 0 Å². The first kappa shape index (κ1) is 12.7. The van der Waals surface area contributed by atoms with Gasteiger partial charge in [0.05, 0.1) is 0 Å². The molecule has 0 heterocycles. The third kappa shape index (κ3) is 4.43. The average molecular weight is 321 g/mol. The number of rotatable bonds is 2. The highest BCUT2D eigenvalue weighted by molar-refractivity contribution is 5.84. The van der Waals surface area contributed by atoms with Crippen LogP contribution in [-0.4, -0.2) is 19.9 Å². The van der Waals surface area contributed by atoms with E-state index in [-0.39, 0.29) is 0 Å². The van der Waals surface area contributed by atoms with Crippen LogP contribution >= 0.6 is 0 Å². The Morgan fingerprint density at radius 1 is 0.769 bits per heavy atom. The van der Waals surface area contributed by atoms with Crippen LogP contribution in [0.3, 0.4) is 0 Å². The lowest BCUT2D eigenvalue weighted by atomic mass is 10.8. The Labute approximate surface area is 77.5 Å². The summed E-state index contributed by atoms with van der Waals surface area (Å²) >= 11 is -3.21. The van der Waals surface area contributed by atoms with Gasteiger partial charge in [0.25, 0.3) is 0 Å². The van der Waals surface area contributed by atoms with Crippen molar-refractivity contribution in [1.82, 2.24) is 0 Å². The second-order valence-corrected chi connectivity index (χ2v) is 4.14. The Hall–Kier alpha value is -0.350. The number of carbonyl (C=O) groups excluding carboxylic acids is 2. The van der Waals surface area contributed by atoms with Gasteiger partial charge in [-0.25, -0.2) is 9.59 Å². The number of alkyl halides is 6. The molecule has 0 aromatic heterocycles. The zero-order valence-electron chi connectivity index (χ0n) is 5.46. The molecule has 9 heteroatoms. The molecule has 0 rings (SSSR count). The van der Waals surface area contributed by atoms with E-state index in [1.165, 1.54) is 0 Å². The predicted molar refractivity (Wildman–Crippen MR) is 22.1 cm³/mol. The molecule has 0 spiro atoms. The monoisotopic (exact) mass is 321 g/mol. The minimum atomic E-state index is -5.35. The van der Waals surface area contributed by atoms with Crippen LogP contribution in [0.5, 0.6) is 0 Å². The molecule has 0 bridgehead atoms. The van der Waals surface area contributed by atoms with Gasteiger partial charge in [0, 0.05) is 0 Å². The molecule has 0 amide bonds. The van der Waals surface area contributed by atoms with Crippen LogP contribution in [0.15, 0.2) is 0 Å². The fraction of sp³-hybridized carbons (Fsp3) is 0.500. The Kier molecular flexibility index (Phi) is 3.70. The van der Waals surface area contributed by atoms with Crippen molar-refractivity contribution in [3.8, 4) is 0 Å². The van der Waals surface area contributed by atoms with Crippen LogP contribution in [0.2, 0.25) is 0 Å². The quantitative estimate of drug-likeness (QED) is 0.344. The number of hydrogen-bond acceptors (Lipinski definition) is 2. The highest BCUT2D eigenvalue weighted by atomic mass is 127. The van der Waals surface area contributed by atoms with Gasteiger partial charge in [-0.15, -0.1) is 0 Å². The van der Waals surface area contributed by atoms with Gasteiger partial charge in [0.1, 0.15) is 0 Å². The molecule has 0 N–H and O–H groups in total. The van der Waals surface area contributed by atoms with Gasteiger partial charge in [-0.05, 0) is 0 Å². The summed E-state index contributed by atoms with van der Waals surface area (Å²) in [7, 11) is 0. The Morgan fingerprint density at radius 3 is 1.15 bits per heavy atom. The fourth-order valence-corrected chi connectivity index (χ4v) is 1.24. The topological polar surface area (TPSA) is 34.1 Å². The molecule has 0 aromatic rings. The Morgan fingerprint density at radius 2 is 1.00 bits per heavy atom. The van der Waals surface area contributed by atoms with Crippen LogP contribution in [0, 0.1) is 0 Å². The van der Waals surface area contributed by atoms with E-state index < -0.39 is 41.1 Å². The summed E-state index contributed by atoms with van der Waals surface area (Å²) in [6.45, 7) is 0. The first-order chi connectivity index (χ1) is 5.55. The second kappa shape index (κ2) is 3.80. The molecule has 0 aliphatic carbocycles. The van der Waals surface area contributed by atoms with E-state index in [1.807, 2.05) is 0 Å². The van der Waals surface area contributed by atoms with Crippen LogP contribution in [0.25, 0.3) is 0 Å². The van der Waals surface area contributed by atoms with E-state index in [9.17, 15) is 35.9 Å². The van der Waals surface area contributed by atoms with E-state index in [0.29, 0.717) is 0 Å². The van der Waals surface area contributed by atoms with E-state index in [0.717, 1.165) is 0 Å². The molecule has 0 aromatic carbocycles. The summed E-state index contributed by atoms with van der Waals surface area (Å²) in [5.74, 6) is 0. The molecule has 0 unspecified atom stereocenters. The largest absolute Gasteiger partial charge is 0.501 e. The van der Waals surface area contributed by atoms with Crippen LogP contribution in [0.1, 0.15) is 0 Å². The number of hydrogen-bond donors (Lipinski definition) is 0. The molecule has 0 atom stereocenters. The molecule has 0 saturated heterocycles. The zero-order chi connectivity index (χ0) is 10.9. The van der Waals surface area contributed by atoms with Crippen LogP contribution in [0.4, 0.5) is 26.3 Å². The summed E-state index contributed by atoms with van der Waals surface area (Å²) in [5, 5.41) is 0. The standard InChI is InChI=1S/C4F6IO2/c5-3(6,7)1(12)11-2(13)4(8,9)10/q+1. The summed E-state index contributed by atoms with van der Waals surface area (Å²) < 4.78 is 63.0. The summed E-state index contributed by atoms with van der Waals surface area (Å²) in [5.41, 5.74) is 0. The minimum absolute atomic E-state index is 2.59. The van der Waals surface area contributed by atoms with Crippen molar-refractivity contribution < 1.29 is 57.1 Å². The Balaban J connectivity index is 4.34. The maximum Gasteiger partial charge on any atom is 0.501 e. The molecule has 13 heavy (non-hydrogen) atoms. The van der Waals surface area contributed by atoms with Crippen molar-refractivity contribution in [3.63, 3.8) is 0 Å². The molecule has 0 radical (unpaired) electrons. The second-order valence-electron chi connectivity index (χ2n) is 1.64. The smallest absolute Gasteiger partial charge is 0.229 e. The van der Waals surface area contributed by atoms with Gasteiger partial charge >= 0.3 is 41.1 Å². The van der Waals surface area contributed by atoms with Gasteiger partial charge in [0.15, 0.2) is 0 Å². The summed E-state index contributed by atoms with van der Waals surface area (Å²) in [6, 6.07) is 0. The summed E-state index contributed by atoms with van der Waals surface area (Å²) in [6.07, 6.45) is -10.7. The van der Waals surface area contributed by atoms with E-state index in [2.05, 4.69) is 0 Å². The molecule has 0 aliphatic rings.